The molecular formula is C27H48ClNO2. The molecule has 0 radical (unpaired) electrons. The van der Waals surface area contributed by atoms with Gasteiger partial charge in [0.1, 0.15) is 19.6 Å². The van der Waals surface area contributed by atoms with Crippen molar-refractivity contribution in [2.75, 3.05) is 26.3 Å². The minimum absolute atomic E-state index is 0. The Morgan fingerprint density at radius 3 is 1.68 bits per heavy atom. The van der Waals surface area contributed by atoms with Crippen molar-refractivity contribution < 1.29 is 27.1 Å². The van der Waals surface area contributed by atoms with E-state index in [1.54, 1.807) is 0 Å². The standard InChI is InChI=1S/C27H48NO2.ClH/c1-2-3-4-5-6-7-8-9-10-11-12-13-14-18-21-28(22-24-29,23-25-30)26-27-19-16-15-17-20-27;/h15-21,29-30H,2-14,22-26H2,1H3;1H/q+1;/p-1/b21-18+;. The van der Waals surface area contributed by atoms with Crippen molar-refractivity contribution in [1.29, 1.82) is 0 Å². The lowest BCUT2D eigenvalue weighted by atomic mass is 10.0. The lowest BCUT2D eigenvalue weighted by molar-refractivity contribution is -0.893. The first-order valence-electron chi connectivity index (χ1n) is 12.6. The van der Waals surface area contributed by atoms with E-state index in [9.17, 15) is 10.2 Å². The van der Waals surface area contributed by atoms with Crippen LogP contribution in [-0.4, -0.2) is 41.0 Å². The first-order valence-corrected chi connectivity index (χ1v) is 12.6. The SMILES string of the molecule is CCCCCCCCCCCCCC/C=C/[N+](CCO)(CCO)Cc1ccccc1.[Cl-]. The van der Waals surface area contributed by atoms with Gasteiger partial charge in [0.25, 0.3) is 0 Å². The topological polar surface area (TPSA) is 40.5 Å². The highest BCUT2D eigenvalue weighted by Gasteiger charge is 2.24. The van der Waals surface area contributed by atoms with Crippen LogP contribution in [-0.2, 0) is 6.54 Å². The number of quaternary nitrogens is 1. The van der Waals surface area contributed by atoms with Crippen molar-refractivity contribution >= 4 is 0 Å². The Balaban J connectivity index is 0.00000900. The number of benzene rings is 1. The first kappa shape index (κ1) is 30.1. The number of unbranched alkanes of at least 4 members (excludes halogenated alkanes) is 12. The number of aliphatic hydroxyl groups is 2. The Morgan fingerprint density at radius 1 is 0.710 bits per heavy atom. The molecule has 0 aliphatic rings. The van der Waals surface area contributed by atoms with E-state index in [1.807, 2.05) is 6.07 Å². The molecule has 1 aromatic carbocycles. The summed E-state index contributed by atoms with van der Waals surface area (Å²) in [4.78, 5) is 0. The van der Waals surface area contributed by atoms with Gasteiger partial charge >= 0.3 is 0 Å². The van der Waals surface area contributed by atoms with Crippen LogP contribution in [0.4, 0.5) is 0 Å². The van der Waals surface area contributed by atoms with Gasteiger partial charge in [-0.25, -0.2) is 0 Å². The summed E-state index contributed by atoms with van der Waals surface area (Å²) < 4.78 is 0.620. The molecule has 0 aromatic heterocycles. The minimum atomic E-state index is 0. The Labute approximate surface area is 198 Å². The maximum atomic E-state index is 9.59. The number of nitrogens with zero attached hydrogens (tertiary/aromatic N) is 1. The molecule has 0 atom stereocenters. The summed E-state index contributed by atoms with van der Waals surface area (Å²) >= 11 is 0. The molecule has 180 valence electrons. The maximum Gasteiger partial charge on any atom is 0.109 e. The monoisotopic (exact) mass is 453 g/mol. The van der Waals surface area contributed by atoms with E-state index in [0.29, 0.717) is 17.6 Å². The van der Waals surface area contributed by atoms with E-state index in [-0.39, 0.29) is 25.6 Å². The van der Waals surface area contributed by atoms with E-state index in [4.69, 9.17) is 0 Å². The van der Waals surface area contributed by atoms with Gasteiger partial charge in [0.2, 0.25) is 0 Å². The molecule has 0 saturated carbocycles. The van der Waals surface area contributed by atoms with Crippen LogP contribution in [0.5, 0.6) is 0 Å². The molecule has 1 rings (SSSR count). The van der Waals surface area contributed by atoms with Gasteiger partial charge in [-0.2, -0.15) is 0 Å². The molecule has 3 nitrogen and oxygen atoms in total. The van der Waals surface area contributed by atoms with Gasteiger partial charge in [-0.3, -0.25) is 4.48 Å². The smallest absolute Gasteiger partial charge is 0.109 e. The normalized spacial score (nSPS) is 11.7. The van der Waals surface area contributed by atoms with Crippen LogP contribution in [0.1, 0.15) is 96.0 Å². The molecule has 0 aliphatic carbocycles. The molecule has 0 aliphatic heterocycles. The predicted molar refractivity (Wildman–Crippen MR) is 129 cm³/mol. The number of halogens is 1. The van der Waals surface area contributed by atoms with Crippen molar-refractivity contribution in [2.24, 2.45) is 0 Å². The second kappa shape index (κ2) is 21.0. The summed E-state index contributed by atoms with van der Waals surface area (Å²) in [5, 5.41) is 19.2. The lowest BCUT2D eigenvalue weighted by Gasteiger charge is -2.34. The Kier molecular flexibility index (Phi) is 20.4. The quantitative estimate of drug-likeness (QED) is 0.234. The Bertz CT molecular complexity index is 515. The summed E-state index contributed by atoms with van der Waals surface area (Å²) in [6.45, 7) is 4.65. The fourth-order valence-corrected chi connectivity index (χ4v) is 4.22. The number of allylic oxidation sites excluding steroid dienone is 1. The van der Waals surface area contributed by atoms with Crippen LogP contribution >= 0.6 is 0 Å². The molecule has 0 fully saturated rings. The van der Waals surface area contributed by atoms with Gasteiger partial charge in [-0.1, -0.05) is 108 Å². The summed E-state index contributed by atoms with van der Waals surface area (Å²) in [6.07, 6.45) is 22.1. The molecule has 2 N–H and O–H groups in total. The third kappa shape index (κ3) is 15.6. The largest absolute Gasteiger partial charge is 1.00 e. The third-order valence-electron chi connectivity index (χ3n) is 6.08. The van der Waals surface area contributed by atoms with Crippen LogP contribution in [0.15, 0.2) is 42.6 Å². The third-order valence-corrected chi connectivity index (χ3v) is 6.08. The molecule has 1 aromatic rings. The van der Waals surface area contributed by atoms with Crippen LogP contribution < -0.4 is 12.4 Å². The fourth-order valence-electron chi connectivity index (χ4n) is 4.22. The molecule has 0 bridgehead atoms. The van der Waals surface area contributed by atoms with Crippen LogP contribution in [0.25, 0.3) is 0 Å². The van der Waals surface area contributed by atoms with Crippen molar-refractivity contribution in [3.8, 4) is 0 Å². The van der Waals surface area contributed by atoms with Gasteiger partial charge < -0.3 is 22.6 Å². The molecule has 0 unspecified atom stereocenters. The van der Waals surface area contributed by atoms with Gasteiger partial charge in [0.15, 0.2) is 0 Å². The highest BCUT2D eigenvalue weighted by molar-refractivity contribution is 5.13. The second-order valence-electron chi connectivity index (χ2n) is 8.82. The first-order chi connectivity index (χ1) is 14.8. The zero-order valence-corrected chi connectivity index (χ0v) is 20.7. The molecule has 0 spiro atoms. The maximum absolute atomic E-state index is 9.59. The number of hydrogen-bond donors (Lipinski definition) is 2. The average molecular weight is 454 g/mol. The summed E-state index contributed by atoms with van der Waals surface area (Å²) in [5.41, 5.74) is 1.24. The molecule has 0 heterocycles. The van der Waals surface area contributed by atoms with Crippen LogP contribution in [0.3, 0.4) is 0 Å². The van der Waals surface area contributed by atoms with Crippen molar-refractivity contribution in [3.05, 3.63) is 48.2 Å². The molecular weight excluding hydrogens is 406 g/mol. The van der Waals surface area contributed by atoms with E-state index < -0.39 is 0 Å². The van der Waals surface area contributed by atoms with E-state index >= 15 is 0 Å². The van der Waals surface area contributed by atoms with E-state index in [0.717, 1.165) is 13.0 Å². The van der Waals surface area contributed by atoms with Crippen molar-refractivity contribution in [2.45, 2.75) is 96.9 Å². The van der Waals surface area contributed by atoms with Gasteiger partial charge in [-0.15, -0.1) is 0 Å². The molecule has 0 saturated heterocycles. The molecule has 0 amide bonds. The van der Waals surface area contributed by atoms with Crippen molar-refractivity contribution in [3.63, 3.8) is 0 Å². The van der Waals surface area contributed by atoms with E-state index in [2.05, 4.69) is 43.5 Å². The molecule has 4 heteroatoms. The lowest BCUT2D eigenvalue weighted by Crippen LogP contribution is -3.00. The highest BCUT2D eigenvalue weighted by Crippen LogP contribution is 2.17. The highest BCUT2D eigenvalue weighted by atomic mass is 35.5. The predicted octanol–water partition coefficient (Wildman–Crippen LogP) is 3.60. The van der Waals surface area contributed by atoms with Gasteiger partial charge in [0.05, 0.1) is 19.4 Å². The van der Waals surface area contributed by atoms with E-state index in [1.165, 1.54) is 82.6 Å². The molecule has 31 heavy (non-hydrogen) atoms. The zero-order valence-electron chi connectivity index (χ0n) is 20.0. The Morgan fingerprint density at radius 2 is 1.19 bits per heavy atom. The average Bonchev–Trinajstić information content (AvgIpc) is 2.75. The summed E-state index contributed by atoms with van der Waals surface area (Å²) in [5.74, 6) is 0. The van der Waals surface area contributed by atoms with Gasteiger partial charge in [-0.05, 0) is 18.9 Å². The number of hydrogen-bond acceptors (Lipinski definition) is 2. The number of aliphatic hydroxyl groups excluding tert-OH is 2. The fraction of sp³-hybridized carbons (Fsp3) is 0.704. The van der Waals surface area contributed by atoms with Gasteiger partial charge in [0, 0.05) is 5.56 Å². The van der Waals surface area contributed by atoms with Crippen LogP contribution in [0.2, 0.25) is 0 Å². The summed E-state index contributed by atoms with van der Waals surface area (Å²) in [7, 11) is 0. The number of rotatable bonds is 20. The van der Waals surface area contributed by atoms with Crippen LogP contribution in [0, 0.1) is 0 Å². The Hall–Kier alpha value is -0.870. The second-order valence-corrected chi connectivity index (χ2v) is 8.82. The zero-order chi connectivity index (χ0) is 21.8. The summed E-state index contributed by atoms with van der Waals surface area (Å²) in [6, 6.07) is 10.4. The van der Waals surface area contributed by atoms with Crippen molar-refractivity contribution in [1.82, 2.24) is 0 Å². The minimum Gasteiger partial charge on any atom is -1.00 e.